The SMILES string of the molecule is CCCCOCCNC(C)c1ccc2ccccc2c1O. The summed E-state index contributed by atoms with van der Waals surface area (Å²) in [6.07, 6.45) is 2.27. The molecule has 0 aliphatic rings. The molecule has 21 heavy (non-hydrogen) atoms. The zero-order chi connectivity index (χ0) is 15.1. The molecule has 0 aliphatic heterocycles. The van der Waals surface area contributed by atoms with Crippen molar-refractivity contribution in [2.45, 2.75) is 32.7 Å². The molecule has 0 amide bonds. The molecule has 0 fully saturated rings. The van der Waals surface area contributed by atoms with Gasteiger partial charge in [0.15, 0.2) is 0 Å². The van der Waals surface area contributed by atoms with Crippen molar-refractivity contribution in [3.05, 3.63) is 42.0 Å². The van der Waals surface area contributed by atoms with Gasteiger partial charge in [-0.25, -0.2) is 0 Å². The van der Waals surface area contributed by atoms with Crippen molar-refractivity contribution in [3.8, 4) is 5.75 Å². The van der Waals surface area contributed by atoms with Crippen molar-refractivity contribution in [1.29, 1.82) is 0 Å². The second kappa shape index (κ2) is 8.01. The molecule has 0 spiro atoms. The molecule has 0 heterocycles. The fraction of sp³-hybridized carbons (Fsp3) is 0.444. The molecule has 0 aromatic heterocycles. The molecule has 0 bridgehead atoms. The highest BCUT2D eigenvalue weighted by molar-refractivity contribution is 5.89. The third-order valence-electron chi connectivity index (χ3n) is 3.74. The highest BCUT2D eigenvalue weighted by atomic mass is 16.5. The highest BCUT2D eigenvalue weighted by Gasteiger charge is 2.12. The summed E-state index contributed by atoms with van der Waals surface area (Å²) in [5.41, 5.74) is 0.933. The summed E-state index contributed by atoms with van der Waals surface area (Å²) < 4.78 is 5.54. The molecule has 2 rings (SSSR count). The van der Waals surface area contributed by atoms with Gasteiger partial charge in [0.25, 0.3) is 0 Å². The number of benzene rings is 2. The minimum atomic E-state index is 0.101. The number of phenolic OH excluding ortho intramolecular Hbond substituents is 1. The lowest BCUT2D eigenvalue weighted by Crippen LogP contribution is -2.23. The maximum absolute atomic E-state index is 10.4. The van der Waals surface area contributed by atoms with Crippen LogP contribution in [0.3, 0.4) is 0 Å². The molecule has 2 aromatic carbocycles. The Bertz CT molecular complexity index is 568. The van der Waals surface area contributed by atoms with E-state index in [4.69, 9.17) is 4.74 Å². The maximum Gasteiger partial charge on any atom is 0.128 e. The molecular weight excluding hydrogens is 262 g/mol. The van der Waals surface area contributed by atoms with Gasteiger partial charge in [-0.3, -0.25) is 0 Å². The van der Waals surface area contributed by atoms with E-state index in [1.807, 2.05) is 30.3 Å². The normalized spacial score (nSPS) is 12.7. The summed E-state index contributed by atoms with van der Waals surface area (Å²) >= 11 is 0. The van der Waals surface area contributed by atoms with Gasteiger partial charge in [-0.15, -0.1) is 0 Å². The maximum atomic E-state index is 10.4. The van der Waals surface area contributed by atoms with Crippen LogP contribution < -0.4 is 5.32 Å². The lowest BCUT2D eigenvalue weighted by molar-refractivity contribution is 0.131. The van der Waals surface area contributed by atoms with E-state index in [0.717, 1.165) is 42.3 Å². The van der Waals surface area contributed by atoms with E-state index in [-0.39, 0.29) is 6.04 Å². The van der Waals surface area contributed by atoms with Crippen LogP contribution in [-0.4, -0.2) is 24.9 Å². The smallest absolute Gasteiger partial charge is 0.128 e. The first-order valence-corrected chi connectivity index (χ1v) is 7.75. The van der Waals surface area contributed by atoms with Gasteiger partial charge in [0.1, 0.15) is 5.75 Å². The Morgan fingerprint density at radius 2 is 1.95 bits per heavy atom. The fourth-order valence-corrected chi connectivity index (χ4v) is 2.43. The zero-order valence-electron chi connectivity index (χ0n) is 12.9. The number of hydrogen-bond acceptors (Lipinski definition) is 3. The van der Waals surface area contributed by atoms with Gasteiger partial charge in [-0.05, 0) is 18.7 Å². The van der Waals surface area contributed by atoms with Crippen LogP contribution in [0.1, 0.15) is 38.3 Å². The Balaban J connectivity index is 1.93. The molecule has 114 valence electrons. The monoisotopic (exact) mass is 287 g/mol. The second-order valence-electron chi connectivity index (χ2n) is 5.37. The molecule has 0 radical (unpaired) electrons. The van der Waals surface area contributed by atoms with Crippen LogP contribution >= 0.6 is 0 Å². The summed E-state index contributed by atoms with van der Waals surface area (Å²) in [7, 11) is 0. The van der Waals surface area contributed by atoms with E-state index in [0.29, 0.717) is 12.4 Å². The van der Waals surface area contributed by atoms with Crippen molar-refractivity contribution in [1.82, 2.24) is 5.32 Å². The van der Waals surface area contributed by atoms with E-state index < -0.39 is 0 Å². The number of fused-ring (bicyclic) bond motifs is 1. The second-order valence-corrected chi connectivity index (χ2v) is 5.37. The van der Waals surface area contributed by atoms with Crippen LogP contribution in [0.5, 0.6) is 5.75 Å². The van der Waals surface area contributed by atoms with Crippen LogP contribution in [0.2, 0.25) is 0 Å². The lowest BCUT2D eigenvalue weighted by Gasteiger charge is -2.17. The Kier molecular flexibility index (Phi) is 6.03. The number of hydrogen-bond donors (Lipinski definition) is 2. The Hall–Kier alpha value is -1.58. The van der Waals surface area contributed by atoms with Gasteiger partial charge in [-0.2, -0.15) is 0 Å². The van der Waals surface area contributed by atoms with E-state index in [9.17, 15) is 5.11 Å². The van der Waals surface area contributed by atoms with Gasteiger partial charge in [0.2, 0.25) is 0 Å². The van der Waals surface area contributed by atoms with Crippen molar-refractivity contribution in [2.24, 2.45) is 0 Å². The van der Waals surface area contributed by atoms with Crippen molar-refractivity contribution >= 4 is 10.8 Å². The van der Waals surface area contributed by atoms with E-state index >= 15 is 0 Å². The predicted octanol–water partition coefficient (Wildman–Crippen LogP) is 4.01. The molecule has 2 N–H and O–H groups in total. The third kappa shape index (κ3) is 4.19. The number of rotatable bonds is 8. The summed E-state index contributed by atoms with van der Waals surface area (Å²) in [5, 5.41) is 15.8. The standard InChI is InChI=1S/C18H25NO2/c1-3-4-12-21-13-11-19-14(2)16-10-9-15-7-5-6-8-17(15)18(16)20/h5-10,14,19-20H,3-4,11-13H2,1-2H3. The summed E-state index contributed by atoms with van der Waals surface area (Å²) in [5.74, 6) is 0.375. The van der Waals surface area contributed by atoms with Crippen molar-refractivity contribution in [3.63, 3.8) is 0 Å². The Morgan fingerprint density at radius 1 is 1.14 bits per heavy atom. The van der Waals surface area contributed by atoms with Gasteiger partial charge in [0, 0.05) is 30.1 Å². The molecule has 0 saturated carbocycles. The number of unbranched alkanes of at least 4 members (excludes halogenated alkanes) is 1. The number of ether oxygens (including phenoxy) is 1. The summed E-state index contributed by atoms with van der Waals surface area (Å²) in [6.45, 7) is 6.55. The molecular formula is C18H25NO2. The van der Waals surface area contributed by atoms with Gasteiger partial charge < -0.3 is 15.2 Å². The number of aromatic hydroxyl groups is 1. The van der Waals surface area contributed by atoms with Crippen LogP contribution in [0.25, 0.3) is 10.8 Å². The van der Waals surface area contributed by atoms with E-state index in [1.54, 1.807) is 0 Å². The number of nitrogens with one attached hydrogen (secondary N) is 1. The molecule has 0 saturated heterocycles. The number of phenols is 1. The Labute approximate surface area is 126 Å². The van der Waals surface area contributed by atoms with Crippen LogP contribution in [0.15, 0.2) is 36.4 Å². The molecule has 2 aromatic rings. The molecule has 3 nitrogen and oxygen atoms in total. The topological polar surface area (TPSA) is 41.5 Å². The van der Waals surface area contributed by atoms with Crippen LogP contribution in [-0.2, 0) is 4.74 Å². The quantitative estimate of drug-likeness (QED) is 0.721. The van der Waals surface area contributed by atoms with Crippen molar-refractivity contribution < 1.29 is 9.84 Å². The lowest BCUT2D eigenvalue weighted by atomic mass is 10.0. The average molecular weight is 287 g/mol. The molecule has 1 atom stereocenters. The van der Waals surface area contributed by atoms with Gasteiger partial charge in [-0.1, -0.05) is 49.7 Å². The van der Waals surface area contributed by atoms with E-state index in [1.165, 1.54) is 0 Å². The molecule has 3 heteroatoms. The summed E-state index contributed by atoms with van der Waals surface area (Å²) in [6, 6.07) is 12.0. The van der Waals surface area contributed by atoms with Gasteiger partial charge >= 0.3 is 0 Å². The predicted molar refractivity (Wildman–Crippen MR) is 87.8 cm³/mol. The first kappa shape index (κ1) is 15.8. The van der Waals surface area contributed by atoms with Crippen LogP contribution in [0, 0.1) is 0 Å². The largest absolute Gasteiger partial charge is 0.507 e. The first-order chi connectivity index (χ1) is 10.2. The van der Waals surface area contributed by atoms with Crippen LogP contribution in [0.4, 0.5) is 0 Å². The fourth-order valence-electron chi connectivity index (χ4n) is 2.43. The van der Waals surface area contributed by atoms with Crippen molar-refractivity contribution in [2.75, 3.05) is 19.8 Å². The van der Waals surface area contributed by atoms with E-state index in [2.05, 4.69) is 25.2 Å². The third-order valence-corrected chi connectivity index (χ3v) is 3.74. The molecule has 0 aliphatic carbocycles. The highest BCUT2D eigenvalue weighted by Crippen LogP contribution is 2.32. The zero-order valence-corrected chi connectivity index (χ0v) is 12.9. The molecule has 1 unspecified atom stereocenters. The average Bonchev–Trinajstić information content (AvgIpc) is 2.51. The minimum absolute atomic E-state index is 0.101. The Morgan fingerprint density at radius 3 is 2.76 bits per heavy atom. The van der Waals surface area contributed by atoms with Gasteiger partial charge in [0.05, 0.1) is 6.61 Å². The first-order valence-electron chi connectivity index (χ1n) is 7.75. The minimum Gasteiger partial charge on any atom is -0.507 e. The summed E-state index contributed by atoms with van der Waals surface area (Å²) in [4.78, 5) is 0.